The molecule has 2 heterocycles. The van der Waals surface area contributed by atoms with E-state index in [1.165, 1.54) is 5.56 Å². The molecule has 5 heteroatoms. The number of piperidine rings is 1. The fraction of sp³-hybridized carbons (Fsp3) is 0.421. The van der Waals surface area contributed by atoms with Gasteiger partial charge in [0.2, 0.25) is 0 Å². The van der Waals surface area contributed by atoms with Crippen molar-refractivity contribution >= 4 is 11.6 Å². The number of halogens is 1. The first kappa shape index (κ1) is 17.1. The van der Waals surface area contributed by atoms with Crippen molar-refractivity contribution in [3.8, 4) is 11.5 Å². The topological polar surface area (TPSA) is 34.6 Å². The zero-order valence-electron chi connectivity index (χ0n) is 14.0. The summed E-state index contributed by atoms with van der Waals surface area (Å²) in [7, 11) is 1.71. The maximum absolute atomic E-state index is 6.07. The Bertz CT molecular complexity index is 657. The normalized spacial score (nSPS) is 16.1. The highest BCUT2D eigenvalue weighted by Gasteiger charge is 2.20. The van der Waals surface area contributed by atoms with Crippen LogP contribution >= 0.6 is 11.6 Å². The molecule has 0 radical (unpaired) electrons. The predicted octanol–water partition coefficient (Wildman–Crippen LogP) is 4.03. The fourth-order valence-electron chi connectivity index (χ4n) is 3.03. The number of ether oxygens (including phenoxy) is 2. The maximum Gasteiger partial charge on any atom is 0.141 e. The Balaban J connectivity index is 1.44. The maximum atomic E-state index is 6.07. The van der Waals surface area contributed by atoms with E-state index in [0.717, 1.165) is 50.6 Å². The highest BCUT2D eigenvalue weighted by Crippen LogP contribution is 2.25. The first-order valence-corrected chi connectivity index (χ1v) is 8.70. The van der Waals surface area contributed by atoms with Gasteiger partial charge in [0.1, 0.15) is 16.5 Å². The molecule has 1 aromatic carbocycles. The summed E-state index contributed by atoms with van der Waals surface area (Å²) in [5.41, 5.74) is 1.30. The van der Waals surface area contributed by atoms with Crippen LogP contribution in [0.5, 0.6) is 11.5 Å². The second-order valence-electron chi connectivity index (χ2n) is 6.19. The van der Waals surface area contributed by atoms with Gasteiger partial charge >= 0.3 is 0 Å². The number of aromatic nitrogens is 1. The highest BCUT2D eigenvalue weighted by atomic mass is 35.5. The predicted molar refractivity (Wildman–Crippen MR) is 95.7 cm³/mol. The number of hydrogen-bond acceptors (Lipinski definition) is 4. The lowest BCUT2D eigenvalue weighted by molar-refractivity contribution is 0.136. The Kier molecular flexibility index (Phi) is 5.94. The monoisotopic (exact) mass is 346 g/mol. The van der Waals surface area contributed by atoms with E-state index in [1.807, 2.05) is 18.2 Å². The minimum atomic E-state index is 0.577. The third-order valence-corrected chi connectivity index (χ3v) is 4.74. The molecule has 24 heavy (non-hydrogen) atoms. The SMILES string of the molecule is COc1cccc(CN2CCC(COc3ccncc3Cl)CC2)c1. The molecule has 0 unspecified atom stereocenters. The summed E-state index contributed by atoms with van der Waals surface area (Å²) in [6.45, 7) is 3.88. The van der Waals surface area contributed by atoms with E-state index >= 15 is 0 Å². The van der Waals surface area contributed by atoms with Crippen LogP contribution < -0.4 is 9.47 Å². The van der Waals surface area contributed by atoms with Crippen LogP contribution in [0.2, 0.25) is 5.02 Å². The number of methoxy groups -OCH3 is 1. The molecule has 0 amide bonds. The molecular weight excluding hydrogens is 324 g/mol. The van der Waals surface area contributed by atoms with Crippen molar-refractivity contribution in [3.63, 3.8) is 0 Å². The second-order valence-corrected chi connectivity index (χ2v) is 6.60. The summed E-state index contributed by atoms with van der Waals surface area (Å²) in [6.07, 6.45) is 5.62. The van der Waals surface area contributed by atoms with Gasteiger partial charge in [0.15, 0.2) is 0 Å². The van der Waals surface area contributed by atoms with Gasteiger partial charge in [-0.2, -0.15) is 0 Å². The first-order chi connectivity index (χ1) is 11.7. The van der Waals surface area contributed by atoms with E-state index in [9.17, 15) is 0 Å². The van der Waals surface area contributed by atoms with Gasteiger partial charge in [-0.15, -0.1) is 0 Å². The third kappa shape index (κ3) is 4.62. The molecular formula is C19H23ClN2O2. The zero-order valence-corrected chi connectivity index (χ0v) is 14.7. The number of likely N-dealkylation sites (tertiary alicyclic amines) is 1. The van der Waals surface area contributed by atoms with Gasteiger partial charge in [-0.25, -0.2) is 0 Å². The van der Waals surface area contributed by atoms with E-state index in [0.29, 0.717) is 10.9 Å². The van der Waals surface area contributed by atoms with Gasteiger partial charge in [-0.3, -0.25) is 9.88 Å². The van der Waals surface area contributed by atoms with Gasteiger partial charge < -0.3 is 9.47 Å². The van der Waals surface area contributed by atoms with Crippen LogP contribution in [0.15, 0.2) is 42.7 Å². The summed E-state index contributed by atoms with van der Waals surface area (Å²) in [6, 6.07) is 10.1. The lowest BCUT2D eigenvalue weighted by Gasteiger charge is -2.32. The molecule has 0 atom stereocenters. The van der Waals surface area contributed by atoms with Crippen LogP contribution in [0.3, 0.4) is 0 Å². The molecule has 1 aromatic heterocycles. The molecule has 128 valence electrons. The van der Waals surface area contributed by atoms with Crippen molar-refractivity contribution in [2.75, 3.05) is 26.8 Å². The minimum absolute atomic E-state index is 0.577. The summed E-state index contributed by atoms with van der Waals surface area (Å²) in [4.78, 5) is 6.47. The largest absolute Gasteiger partial charge is 0.497 e. The van der Waals surface area contributed by atoms with Crippen LogP contribution in [0.4, 0.5) is 0 Å². The van der Waals surface area contributed by atoms with E-state index in [2.05, 4.69) is 22.0 Å². The number of nitrogens with zero attached hydrogens (tertiary/aromatic N) is 2. The van der Waals surface area contributed by atoms with Crippen LogP contribution in [-0.2, 0) is 6.54 Å². The average molecular weight is 347 g/mol. The van der Waals surface area contributed by atoms with Gasteiger partial charge in [-0.05, 0) is 49.5 Å². The molecule has 1 aliphatic rings. The molecule has 0 bridgehead atoms. The fourth-order valence-corrected chi connectivity index (χ4v) is 3.20. The first-order valence-electron chi connectivity index (χ1n) is 8.32. The van der Waals surface area contributed by atoms with Crippen LogP contribution in [0.1, 0.15) is 18.4 Å². The molecule has 1 fully saturated rings. The van der Waals surface area contributed by atoms with Crippen molar-refractivity contribution in [2.45, 2.75) is 19.4 Å². The zero-order chi connectivity index (χ0) is 16.8. The summed E-state index contributed by atoms with van der Waals surface area (Å²) >= 11 is 6.07. The minimum Gasteiger partial charge on any atom is -0.497 e. The summed E-state index contributed by atoms with van der Waals surface area (Å²) in [5, 5.41) is 0.577. The molecule has 1 saturated heterocycles. The molecule has 3 rings (SSSR count). The Morgan fingerprint density at radius 1 is 1.25 bits per heavy atom. The molecule has 2 aromatic rings. The van der Waals surface area contributed by atoms with E-state index in [-0.39, 0.29) is 0 Å². The van der Waals surface area contributed by atoms with Gasteiger partial charge in [0, 0.05) is 25.0 Å². The second kappa shape index (κ2) is 8.36. The van der Waals surface area contributed by atoms with Crippen molar-refractivity contribution in [1.29, 1.82) is 0 Å². The van der Waals surface area contributed by atoms with E-state index in [4.69, 9.17) is 21.1 Å². The lowest BCUT2D eigenvalue weighted by Crippen LogP contribution is -2.35. The van der Waals surface area contributed by atoms with Gasteiger partial charge in [0.05, 0.1) is 13.7 Å². The quantitative estimate of drug-likeness (QED) is 0.790. The third-order valence-electron chi connectivity index (χ3n) is 4.46. The van der Waals surface area contributed by atoms with Crippen LogP contribution in [0, 0.1) is 5.92 Å². The summed E-state index contributed by atoms with van der Waals surface area (Å²) < 4.78 is 11.1. The Morgan fingerprint density at radius 3 is 2.83 bits per heavy atom. The highest BCUT2D eigenvalue weighted by molar-refractivity contribution is 6.31. The molecule has 0 aliphatic carbocycles. The Labute approximate surface area is 148 Å². The van der Waals surface area contributed by atoms with E-state index in [1.54, 1.807) is 19.5 Å². The van der Waals surface area contributed by atoms with Crippen molar-refractivity contribution in [1.82, 2.24) is 9.88 Å². The number of pyridine rings is 1. The molecule has 0 N–H and O–H groups in total. The number of rotatable bonds is 6. The number of benzene rings is 1. The van der Waals surface area contributed by atoms with Gasteiger partial charge in [-0.1, -0.05) is 23.7 Å². The molecule has 4 nitrogen and oxygen atoms in total. The van der Waals surface area contributed by atoms with E-state index < -0.39 is 0 Å². The number of hydrogen-bond donors (Lipinski definition) is 0. The van der Waals surface area contributed by atoms with Crippen molar-refractivity contribution < 1.29 is 9.47 Å². The van der Waals surface area contributed by atoms with Crippen molar-refractivity contribution in [3.05, 3.63) is 53.3 Å². The molecule has 1 aliphatic heterocycles. The lowest BCUT2D eigenvalue weighted by atomic mass is 9.97. The van der Waals surface area contributed by atoms with Gasteiger partial charge in [0.25, 0.3) is 0 Å². The molecule has 0 spiro atoms. The Hall–Kier alpha value is -1.78. The van der Waals surface area contributed by atoms with Crippen LogP contribution in [0.25, 0.3) is 0 Å². The summed E-state index contributed by atoms with van der Waals surface area (Å²) in [5.74, 6) is 2.23. The Morgan fingerprint density at radius 2 is 2.08 bits per heavy atom. The average Bonchev–Trinajstić information content (AvgIpc) is 2.62. The smallest absolute Gasteiger partial charge is 0.141 e. The van der Waals surface area contributed by atoms with Crippen molar-refractivity contribution in [2.24, 2.45) is 5.92 Å². The van der Waals surface area contributed by atoms with Crippen LogP contribution in [-0.4, -0.2) is 36.7 Å². The molecule has 0 saturated carbocycles. The standard InChI is InChI=1S/C19H23ClN2O2/c1-23-17-4-2-3-16(11-17)13-22-9-6-15(7-10-22)14-24-19-5-8-21-12-18(19)20/h2-5,8,11-12,15H,6-7,9-10,13-14H2,1H3.